The average molecular weight is 341 g/mol. The van der Waals surface area contributed by atoms with Gasteiger partial charge in [0, 0.05) is 16.7 Å². The van der Waals surface area contributed by atoms with Crippen LogP contribution in [0.2, 0.25) is 0 Å². The van der Waals surface area contributed by atoms with Gasteiger partial charge in [0.1, 0.15) is 6.61 Å². The molecule has 0 bridgehead atoms. The number of aromatic nitrogens is 1. The molecule has 1 heterocycles. The summed E-state index contributed by atoms with van der Waals surface area (Å²) in [5.74, 6) is -0.284. The minimum atomic E-state index is -2.98. The first-order chi connectivity index (χ1) is 8.81. The Labute approximate surface area is 115 Å². The first kappa shape index (κ1) is 15.4. The molecule has 0 radical (unpaired) electrons. The van der Waals surface area contributed by atoms with Crippen molar-refractivity contribution in [3.05, 3.63) is 27.1 Å². The zero-order valence-corrected chi connectivity index (χ0v) is 11.4. The number of carboxylic acid groups (broad SMARTS) is 1. The molecule has 0 spiro atoms. The van der Waals surface area contributed by atoms with Crippen LogP contribution in [-0.4, -0.2) is 28.4 Å². The normalized spacial score (nSPS) is 12.3. The van der Waals surface area contributed by atoms with Crippen LogP contribution in [0, 0.1) is 0 Å². The summed E-state index contributed by atoms with van der Waals surface area (Å²) in [5, 5.41) is 10.6. The van der Waals surface area contributed by atoms with Crippen molar-refractivity contribution >= 4 is 22.0 Å². The molecule has 0 aliphatic rings. The summed E-state index contributed by atoms with van der Waals surface area (Å²) in [6, 6.07) is 0.658. The highest BCUT2D eigenvalue weighted by Crippen LogP contribution is 2.17. The van der Waals surface area contributed by atoms with E-state index in [1.165, 1.54) is 13.0 Å². The van der Waals surface area contributed by atoms with Gasteiger partial charge in [-0.25, -0.2) is 4.79 Å². The third kappa shape index (κ3) is 4.51. The maximum absolute atomic E-state index is 12.6. The number of hydrogen-bond donors (Lipinski definition) is 2. The minimum absolute atomic E-state index is 0.152. The molecule has 106 valence electrons. The lowest BCUT2D eigenvalue weighted by atomic mass is 10.3. The highest BCUT2D eigenvalue weighted by molar-refractivity contribution is 9.10. The van der Waals surface area contributed by atoms with E-state index in [1.807, 2.05) is 0 Å². The summed E-state index contributed by atoms with van der Waals surface area (Å²) in [7, 11) is 0. The number of pyridine rings is 1. The fraction of sp³-hybridized carbons (Fsp3) is 0.400. The summed E-state index contributed by atoms with van der Waals surface area (Å²) < 4.78 is 30.6. The number of halogens is 3. The van der Waals surface area contributed by atoms with Crippen molar-refractivity contribution in [2.24, 2.45) is 0 Å². The fourth-order valence-electron chi connectivity index (χ4n) is 1.26. The predicted molar refractivity (Wildman–Crippen MR) is 65.8 cm³/mol. The van der Waals surface area contributed by atoms with E-state index >= 15 is 0 Å². The van der Waals surface area contributed by atoms with E-state index in [-0.39, 0.29) is 21.4 Å². The van der Waals surface area contributed by atoms with Crippen LogP contribution in [0.15, 0.2) is 21.5 Å². The van der Waals surface area contributed by atoms with Gasteiger partial charge >= 0.3 is 12.6 Å². The van der Waals surface area contributed by atoms with Gasteiger partial charge in [0.05, 0.1) is 6.04 Å². The van der Waals surface area contributed by atoms with Crippen LogP contribution in [0.25, 0.3) is 0 Å². The summed E-state index contributed by atoms with van der Waals surface area (Å²) in [4.78, 5) is 21.9. The molecular weight excluding hydrogens is 330 g/mol. The molecular formula is C10H11BrF2N2O4. The third-order valence-electron chi connectivity index (χ3n) is 2.05. The molecule has 0 fully saturated rings. The maximum atomic E-state index is 12.6. The molecule has 0 saturated carbocycles. The Hall–Kier alpha value is -1.64. The molecule has 6 nitrogen and oxygen atoms in total. The Morgan fingerprint density at radius 3 is 2.79 bits per heavy atom. The molecule has 1 amide bonds. The number of nitrogens with one attached hydrogen (secondary N) is 1. The Morgan fingerprint density at radius 1 is 1.63 bits per heavy atom. The number of carbonyl (C=O) groups is 1. The number of hydrogen-bond acceptors (Lipinski definition) is 3. The lowest BCUT2D eigenvalue weighted by Crippen LogP contribution is -2.36. The Balaban J connectivity index is 2.84. The van der Waals surface area contributed by atoms with Crippen molar-refractivity contribution < 1.29 is 23.4 Å². The topological polar surface area (TPSA) is 80.6 Å². The van der Waals surface area contributed by atoms with Crippen LogP contribution in [0.5, 0.6) is 5.75 Å². The molecule has 19 heavy (non-hydrogen) atoms. The van der Waals surface area contributed by atoms with Gasteiger partial charge in [-0.05, 0) is 22.9 Å². The summed E-state index contributed by atoms with van der Waals surface area (Å²) in [5.41, 5.74) is -0.985. The van der Waals surface area contributed by atoms with Gasteiger partial charge in [-0.15, -0.1) is 0 Å². The third-order valence-corrected chi connectivity index (χ3v) is 2.48. The second kappa shape index (κ2) is 6.50. The summed E-state index contributed by atoms with van der Waals surface area (Å²) in [6.07, 6.45) is -0.297. The zero-order valence-electron chi connectivity index (χ0n) is 9.77. The lowest BCUT2D eigenvalue weighted by Gasteiger charge is -2.14. The number of ether oxygens (including phenoxy) is 1. The van der Waals surface area contributed by atoms with Crippen LogP contribution < -0.4 is 15.6 Å². The van der Waals surface area contributed by atoms with Crippen molar-refractivity contribution in [1.82, 2.24) is 9.88 Å². The van der Waals surface area contributed by atoms with Gasteiger partial charge in [-0.1, -0.05) is 0 Å². The van der Waals surface area contributed by atoms with Gasteiger partial charge in [-0.3, -0.25) is 9.36 Å². The van der Waals surface area contributed by atoms with E-state index in [4.69, 9.17) is 9.84 Å². The fourth-order valence-corrected chi connectivity index (χ4v) is 1.69. The van der Waals surface area contributed by atoms with Crippen molar-refractivity contribution in [2.45, 2.75) is 19.5 Å². The van der Waals surface area contributed by atoms with E-state index in [0.717, 1.165) is 6.20 Å². The number of rotatable bonds is 5. The van der Waals surface area contributed by atoms with Crippen LogP contribution in [0.4, 0.5) is 13.6 Å². The average Bonchev–Trinajstić information content (AvgIpc) is 2.28. The molecule has 0 aliphatic carbocycles. The highest BCUT2D eigenvalue weighted by Gasteiger charge is 2.14. The first-order valence-corrected chi connectivity index (χ1v) is 5.92. The standard InChI is InChI=1S/C10H11BrF2N2O4/c1-5(14-10(17)18)4-19-7-2-6(11)3-15(8(7)16)9(12)13/h2-3,5,9,14H,4H2,1H3,(H,17,18)/t5-/m1/s1. The zero-order chi connectivity index (χ0) is 14.6. The van der Waals surface area contributed by atoms with Gasteiger partial charge in [-0.2, -0.15) is 8.78 Å². The second-order valence-corrected chi connectivity index (χ2v) is 4.59. The van der Waals surface area contributed by atoms with Crippen LogP contribution in [-0.2, 0) is 0 Å². The van der Waals surface area contributed by atoms with Crippen molar-refractivity contribution in [3.63, 3.8) is 0 Å². The number of alkyl halides is 2. The quantitative estimate of drug-likeness (QED) is 0.859. The predicted octanol–water partition coefficient (Wildman–Crippen LogP) is 2.04. The molecule has 2 N–H and O–H groups in total. The Kier molecular flexibility index (Phi) is 5.28. The summed E-state index contributed by atoms with van der Waals surface area (Å²) >= 11 is 2.98. The van der Waals surface area contributed by atoms with Crippen LogP contribution in [0.3, 0.4) is 0 Å². The Morgan fingerprint density at radius 2 is 2.26 bits per heavy atom. The Bertz CT molecular complexity index is 521. The van der Waals surface area contributed by atoms with Crippen LogP contribution in [0.1, 0.15) is 13.5 Å². The summed E-state index contributed by atoms with van der Waals surface area (Å²) in [6.45, 7) is -1.62. The lowest BCUT2D eigenvalue weighted by molar-refractivity contribution is 0.0647. The van der Waals surface area contributed by atoms with E-state index in [0.29, 0.717) is 0 Å². The molecule has 1 aromatic heterocycles. The van der Waals surface area contributed by atoms with Gasteiger partial charge in [0.15, 0.2) is 5.75 Å². The van der Waals surface area contributed by atoms with Crippen LogP contribution >= 0.6 is 15.9 Å². The monoisotopic (exact) mass is 340 g/mol. The SMILES string of the molecule is C[C@H](COc1cc(Br)cn(C(F)F)c1=O)NC(=O)O. The largest absolute Gasteiger partial charge is 0.486 e. The molecule has 1 rings (SSSR count). The van der Waals surface area contributed by atoms with E-state index in [9.17, 15) is 18.4 Å². The number of amides is 1. The molecule has 0 aliphatic heterocycles. The molecule has 1 aromatic rings. The maximum Gasteiger partial charge on any atom is 0.404 e. The van der Waals surface area contributed by atoms with Crippen molar-refractivity contribution in [3.8, 4) is 5.75 Å². The van der Waals surface area contributed by atoms with Gasteiger partial charge in [0.25, 0.3) is 5.56 Å². The first-order valence-electron chi connectivity index (χ1n) is 5.13. The molecule has 0 unspecified atom stereocenters. The van der Waals surface area contributed by atoms with E-state index < -0.39 is 24.2 Å². The van der Waals surface area contributed by atoms with E-state index in [1.54, 1.807) is 0 Å². The van der Waals surface area contributed by atoms with Gasteiger partial charge < -0.3 is 15.2 Å². The molecule has 1 atom stereocenters. The highest BCUT2D eigenvalue weighted by atomic mass is 79.9. The van der Waals surface area contributed by atoms with E-state index in [2.05, 4.69) is 21.2 Å². The molecule has 9 heteroatoms. The minimum Gasteiger partial charge on any atom is -0.486 e. The van der Waals surface area contributed by atoms with Gasteiger partial charge in [0.2, 0.25) is 0 Å². The smallest absolute Gasteiger partial charge is 0.404 e. The van der Waals surface area contributed by atoms with Crippen molar-refractivity contribution in [2.75, 3.05) is 6.61 Å². The molecule has 0 aromatic carbocycles. The second-order valence-electron chi connectivity index (χ2n) is 3.67. The number of nitrogens with zero attached hydrogens (tertiary/aromatic N) is 1. The molecule has 0 saturated heterocycles. The van der Waals surface area contributed by atoms with Crippen molar-refractivity contribution in [1.29, 1.82) is 0 Å².